The predicted octanol–water partition coefficient (Wildman–Crippen LogP) is 1.79. The van der Waals surface area contributed by atoms with Crippen molar-refractivity contribution in [2.75, 3.05) is 19.0 Å². The zero-order valence-corrected chi connectivity index (χ0v) is 12.6. The molecule has 0 saturated heterocycles. The largest absolute Gasteiger partial charge is 0.448 e. The fourth-order valence-electron chi connectivity index (χ4n) is 2.21. The highest BCUT2D eigenvalue weighted by Crippen LogP contribution is 2.12. The average molecular weight is 312 g/mol. The highest BCUT2D eigenvalue weighted by Gasteiger charge is 2.12. The van der Waals surface area contributed by atoms with Gasteiger partial charge in [-0.15, -0.1) is 11.6 Å². The van der Waals surface area contributed by atoms with Crippen molar-refractivity contribution in [1.82, 2.24) is 14.5 Å². The van der Waals surface area contributed by atoms with E-state index in [9.17, 15) is 9.59 Å². The Morgan fingerprint density at radius 3 is 2.43 bits per heavy atom. The van der Waals surface area contributed by atoms with Crippen molar-refractivity contribution < 1.29 is 9.53 Å². The molecule has 1 heterocycles. The van der Waals surface area contributed by atoms with Gasteiger partial charge < -0.3 is 10.1 Å². The number of ether oxygens (including phenoxy) is 1. The second-order valence-electron chi connectivity index (χ2n) is 4.43. The van der Waals surface area contributed by atoms with Crippen LogP contribution in [0, 0.1) is 0 Å². The van der Waals surface area contributed by atoms with Crippen molar-refractivity contribution in [3.8, 4) is 0 Å². The Kier molecular flexibility index (Phi) is 5.27. The van der Waals surface area contributed by atoms with Gasteiger partial charge in [0.25, 0.3) is 0 Å². The smallest absolute Gasteiger partial charge is 0.407 e. The van der Waals surface area contributed by atoms with Crippen LogP contribution in [0.4, 0.5) is 4.79 Å². The molecule has 1 N–H and O–H groups in total. The van der Waals surface area contributed by atoms with Crippen LogP contribution in [0.1, 0.15) is 6.92 Å². The molecule has 114 valence electrons. The second kappa shape index (κ2) is 7.17. The SMILES string of the molecule is CCNC(=O)OCCn1c(=O)n(CCCl)c2ccccc21. The minimum atomic E-state index is -0.477. The molecule has 7 heteroatoms. The van der Waals surface area contributed by atoms with E-state index in [1.807, 2.05) is 31.2 Å². The molecule has 0 spiro atoms. The lowest BCUT2D eigenvalue weighted by atomic mass is 10.3. The summed E-state index contributed by atoms with van der Waals surface area (Å²) in [5.74, 6) is 0.364. The van der Waals surface area contributed by atoms with Gasteiger partial charge >= 0.3 is 11.8 Å². The Morgan fingerprint density at radius 1 is 1.24 bits per heavy atom. The lowest BCUT2D eigenvalue weighted by Gasteiger charge is -2.06. The highest BCUT2D eigenvalue weighted by molar-refractivity contribution is 6.17. The number of nitrogens with zero attached hydrogens (tertiary/aromatic N) is 2. The third kappa shape index (κ3) is 3.39. The molecule has 0 aliphatic rings. The molecular formula is C14H18ClN3O3. The number of aryl methyl sites for hydroxylation is 1. The number of carbonyl (C=O) groups is 1. The normalized spacial score (nSPS) is 10.8. The molecule has 0 radical (unpaired) electrons. The van der Waals surface area contributed by atoms with Gasteiger partial charge in [0.1, 0.15) is 6.61 Å². The molecule has 2 rings (SSSR count). The van der Waals surface area contributed by atoms with Crippen molar-refractivity contribution in [2.24, 2.45) is 0 Å². The second-order valence-corrected chi connectivity index (χ2v) is 4.81. The van der Waals surface area contributed by atoms with Gasteiger partial charge in [0.2, 0.25) is 0 Å². The standard InChI is InChI=1S/C14H18ClN3O3/c1-2-16-13(19)21-10-9-18-12-6-4-3-5-11(12)17(8-7-15)14(18)20/h3-6H,2,7-10H2,1H3,(H,16,19). The van der Waals surface area contributed by atoms with Crippen LogP contribution in [-0.2, 0) is 17.8 Å². The van der Waals surface area contributed by atoms with Gasteiger partial charge in [0.05, 0.1) is 17.6 Å². The molecule has 1 aromatic heterocycles. The van der Waals surface area contributed by atoms with Crippen LogP contribution in [0.25, 0.3) is 11.0 Å². The van der Waals surface area contributed by atoms with Gasteiger partial charge in [-0.2, -0.15) is 0 Å². The van der Waals surface area contributed by atoms with Crippen molar-refractivity contribution >= 4 is 28.7 Å². The quantitative estimate of drug-likeness (QED) is 0.827. The number of alkyl carbamates (subject to hydrolysis) is 1. The summed E-state index contributed by atoms with van der Waals surface area (Å²) in [6.07, 6.45) is -0.477. The van der Waals surface area contributed by atoms with Crippen LogP contribution in [0.5, 0.6) is 0 Å². The average Bonchev–Trinajstić information content (AvgIpc) is 2.74. The Labute approximate surface area is 127 Å². The molecule has 1 aromatic carbocycles. The molecule has 0 saturated carbocycles. The van der Waals surface area contributed by atoms with Crippen LogP contribution in [0.15, 0.2) is 29.1 Å². The number of carbonyl (C=O) groups excluding carboxylic acids is 1. The van der Waals surface area contributed by atoms with E-state index in [1.54, 1.807) is 9.13 Å². The van der Waals surface area contributed by atoms with Crippen molar-refractivity contribution in [1.29, 1.82) is 0 Å². The Hall–Kier alpha value is -1.95. The molecule has 1 amide bonds. The number of hydrogen-bond acceptors (Lipinski definition) is 3. The predicted molar refractivity (Wildman–Crippen MR) is 81.9 cm³/mol. The van der Waals surface area contributed by atoms with Gasteiger partial charge in [-0.3, -0.25) is 9.13 Å². The number of para-hydroxylation sites is 2. The Bertz CT molecular complexity index is 678. The Balaban J connectivity index is 2.21. The zero-order chi connectivity index (χ0) is 15.2. The van der Waals surface area contributed by atoms with Crippen LogP contribution in [0.2, 0.25) is 0 Å². The molecule has 0 atom stereocenters. The van der Waals surface area contributed by atoms with E-state index in [1.165, 1.54) is 0 Å². The van der Waals surface area contributed by atoms with E-state index < -0.39 is 6.09 Å². The van der Waals surface area contributed by atoms with E-state index in [4.69, 9.17) is 16.3 Å². The number of rotatable bonds is 6. The zero-order valence-electron chi connectivity index (χ0n) is 11.8. The van der Waals surface area contributed by atoms with Gasteiger partial charge in [0.15, 0.2) is 0 Å². The monoisotopic (exact) mass is 311 g/mol. The number of hydrogen-bond donors (Lipinski definition) is 1. The first-order valence-corrected chi connectivity index (χ1v) is 7.37. The fraction of sp³-hybridized carbons (Fsp3) is 0.429. The van der Waals surface area contributed by atoms with Gasteiger partial charge in [-0.25, -0.2) is 9.59 Å². The summed E-state index contributed by atoms with van der Waals surface area (Å²) in [5.41, 5.74) is 1.50. The summed E-state index contributed by atoms with van der Waals surface area (Å²) in [5, 5.41) is 2.54. The number of nitrogens with one attached hydrogen (secondary N) is 1. The number of aromatic nitrogens is 2. The molecule has 21 heavy (non-hydrogen) atoms. The summed E-state index contributed by atoms with van der Waals surface area (Å²) in [4.78, 5) is 23.6. The third-order valence-corrected chi connectivity index (χ3v) is 3.27. The lowest BCUT2D eigenvalue weighted by molar-refractivity contribution is 0.142. The van der Waals surface area contributed by atoms with Crippen molar-refractivity contribution in [2.45, 2.75) is 20.0 Å². The number of fused-ring (bicyclic) bond motifs is 1. The summed E-state index contributed by atoms with van der Waals surface area (Å²) >= 11 is 5.75. The lowest BCUT2D eigenvalue weighted by Crippen LogP contribution is -2.29. The van der Waals surface area contributed by atoms with E-state index in [0.29, 0.717) is 25.5 Å². The van der Waals surface area contributed by atoms with Gasteiger partial charge in [-0.05, 0) is 19.1 Å². The van der Waals surface area contributed by atoms with E-state index in [2.05, 4.69) is 5.32 Å². The summed E-state index contributed by atoms with van der Waals surface area (Å²) < 4.78 is 8.25. The first kappa shape index (κ1) is 15.4. The molecule has 0 fully saturated rings. The first-order chi connectivity index (χ1) is 10.2. The minimum Gasteiger partial charge on any atom is -0.448 e. The maximum Gasteiger partial charge on any atom is 0.407 e. The molecular weight excluding hydrogens is 294 g/mol. The summed E-state index contributed by atoms with van der Waals surface area (Å²) in [7, 11) is 0. The number of amides is 1. The van der Waals surface area contributed by atoms with Crippen LogP contribution in [-0.4, -0.2) is 34.3 Å². The highest BCUT2D eigenvalue weighted by atomic mass is 35.5. The van der Waals surface area contributed by atoms with Crippen LogP contribution >= 0.6 is 11.6 Å². The number of imidazole rings is 1. The summed E-state index contributed by atoms with van der Waals surface area (Å²) in [6, 6.07) is 7.49. The number of benzene rings is 1. The molecule has 0 aliphatic carbocycles. The molecule has 2 aromatic rings. The van der Waals surface area contributed by atoms with Crippen LogP contribution in [0.3, 0.4) is 0 Å². The fourth-order valence-corrected chi connectivity index (χ4v) is 2.38. The first-order valence-electron chi connectivity index (χ1n) is 6.83. The topological polar surface area (TPSA) is 65.3 Å². The number of halogens is 1. The van der Waals surface area contributed by atoms with E-state index in [-0.39, 0.29) is 12.3 Å². The van der Waals surface area contributed by atoms with E-state index >= 15 is 0 Å². The maximum absolute atomic E-state index is 12.4. The molecule has 6 nitrogen and oxygen atoms in total. The Morgan fingerprint density at radius 2 is 1.86 bits per heavy atom. The van der Waals surface area contributed by atoms with Crippen molar-refractivity contribution in [3.05, 3.63) is 34.7 Å². The summed E-state index contributed by atoms with van der Waals surface area (Å²) in [6.45, 7) is 3.22. The number of alkyl halides is 1. The van der Waals surface area contributed by atoms with Gasteiger partial charge in [0, 0.05) is 19.0 Å². The van der Waals surface area contributed by atoms with Crippen molar-refractivity contribution in [3.63, 3.8) is 0 Å². The molecule has 0 bridgehead atoms. The van der Waals surface area contributed by atoms with Crippen LogP contribution < -0.4 is 11.0 Å². The molecule has 0 aliphatic heterocycles. The van der Waals surface area contributed by atoms with Gasteiger partial charge in [-0.1, -0.05) is 12.1 Å². The maximum atomic E-state index is 12.4. The third-order valence-electron chi connectivity index (χ3n) is 3.10. The van der Waals surface area contributed by atoms with E-state index in [0.717, 1.165) is 11.0 Å². The minimum absolute atomic E-state index is 0.140. The molecule has 0 unspecified atom stereocenters.